The lowest BCUT2D eigenvalue weighted by molar-refractivity contribution is 0.0695. The van der Waals surface area contributed by atoms with E-state index in [2.05, 4.69) is 70.2 Å². The van der Waals surface area contributed by atoms with Crippen molar-refractivity contribution in [2.75, 3.05) is 13.1 Å². The van der Waals surface area contributed by atoms with Crippen molar-refractivity contribution in [1.82, 2.24) is 10.6 Å². The van der Waals surface area contributed by atoms with Gasteiger partial charge in [0.15, 0.2) is 0 Å². The van der Waals surface area contributed by atoms with E-state index in [9.17, 15) is 29.4 Å². The lowest BCUT2D eigenvalue weighted by Gasteiger charge is -2.22. The Labute approximate surface area is 309 Å². The van der Waals surface area contributed by atoms with Crippen LogP contribution in [0.2, 0.25) is 0 Å². The molecule has 2 unspecified atom stereocenters. The van der Waals surface area contributed by atoms with Gasteiger partial charge in [0.05, 0.1) is 11.1 Å². The van der Waals surface area contributed by atoms with E-state index < -0.39 is 11.9 Å². The van der Waals surface area contributed by atoms with Gasteiger partial charge in [-0.3, -0.25) is 9.59 Å². The van der Waals surface area contributed by atoms with Crippen LogP contribution in [0.3, 0.4) is 0 Å². The van der Waals surface area contributed by atoms with Crippen molar-refractivity contribution in [3.8, 4) is 0 Å². The van der Waals surface area contributed by atoms with E-state index in [0.29, 0.717) is 82.7 Å². The van der Waals surface area contributed by atoms with E-state index in [0.717, 1.165) is 51.4 Å². The Morgan fingerprint density at radius 2 is 1.00 bits per heavy atom. The van der Waals surface area contributed by atoms with Crippen LogP contribution in [0, 0.1) is 11.8 Å². The number of hydrogen-bond donors (Lipinski definition) is 4. The number of benzene rings is 5. The van der Waals surface area contributed by atoms with Gasteiger partial charge in [-0.25, -0.2) is 9.59 Å². The molecule has 0 aliphatic rings. The van der Waals surface area contributed by atoms with Crippen molar-refractivity contribution >= 4 is 98.7 Å². The zero-order chi connectivity index (χ0) is 36.3. The fourth-order valence-electron chi connectivity index (χ4n) is 7.27. The van der Waals surface area contributed by atoms with Gasteiger partial charge < -0.3 is 20.8 Å². The number of nitrogens with one attached hydrogen (secondary N) is 2. The molecule has 0 spiro atoms. The summed E-state index contributed by atoms with van der Waals surface area (Å²) in [5.74, 6) is -2.40. The summed E-state index contributed by atoms with van der Waals surface area (Å²) in [6, 6.07) is 9.81. The zero-order valence-electron chi connectivity index (χ0n) is 29.0. The van der Waals surface area contributed by atoms with Crippen LogP contribution in [-0.2, 0) is 0 Å². The molecule has 264 valence electrons. The number of hydrogen-bond acceptors (Lipinski definition) is 4. The van der Waals surface area contributed by atoms with E-state index in [4.69, 9.17) is 0 Å². The van der Waals surface area contributed by atoms with Crippen molar-refractivity contribution in [1.29, 1.82) is 0 Å². The average Bonchev–Trinajstić information content (AvgIpc) is 3.10. The van der Waals surface area contributed by atoms with E-state index in [-0.39, 0.29) is 28.3 Å². The molecule has 2 amide bonds. The number of carboxylic acid groups (broad SMARTS) is 2. The third-order valence-electron chi connectivity index (χ3n) is 10.1. The number of amides is 2. The average molecular weight is 809 g/mol. The highest BCUT2D eigenvalue weighted by atomic mass is 79.9. The molecule has 0 saturated carbocycles. The second kappa shape index (κ2) is 16.1. The van der Waals surface area contributed by atoms with Gasteiger partial charge in [-0.2, -0.15) is 0 Å². The first kappa shape index (κ1) is 37.5. The molecule has 0 aliphatic heterocycles. The fourth-order valence-corrected chi connectivity index (χ4v) is 8.56. The van der Waals surface area contributed by atoms with Crippen molar-refractivity contribution in [3.63, 3.8) is 0 Å². The first-order valence-corrected chi connectivity index (χ1v) is 19.2. The first-order chi connectivity index (χ1) is 24.0. The van der Waals surface area contributed by atoms with Crippen LogP contribution in [0.15, 0.2) is 45.3 Å². The molecule has 4 N–H and O–H groups in total. The molecule has 5 rings (SSSR count). The quantitative estimate of drug-likeness (QED) is 0.0580. The SMILES string of the molecule is CCCCC(CC)CNC(=O)c1ccc2c3c(Br)cc(C(=O)O)c4c(C(=O)O)ccc(c5c(Br)cc(C(=O)NCC(CC)CCCC)c1c25)c43. The van der Waals surface area contributed by atoms with E-state index in [1.807, 2.05) is 6.07 Å². The Hall–Kier alpha value is -3.76. The molecule has 2 atom stereocenters. The number of fused-ring (bicyclic) bond motifs is 2. The number of unbranched alkanes of at least 4 members (excludes halogenated alkanes) is 2. The molecule has 50 heavy (non-hydrogen) atoms. The Morgan fingerprint density at radius 3 is 1.44 bits per heavy atom. The molecule has 0 saturated heterocycles. The second-order valence-electron chi connectivity index (χ2n) is 13.2. The normalized spacial score (nSPS) is 12.9. The van der Waals surface area contributed by atoms with Gasteiger partial charge in [-0.15, -0.1) is 0 Å². The van der Waals surface area contributed by atoms with Gasteiger partial charge >= 0.3 is 11.9 Å². The largest absolute Gasteiger partial charge is 0.478 e. The molecular weight excluding hydrogens is 764 g/mol. The molecule has 5 aromatic rings. The summed E-state index contributed by atoms with van der Waals surface area (Å²) in [6.07, 6.45) is 8.21. The molecule has 0 aromatic heterocycles. The van der Waals surface area contributed by atoms with Gasteiger partial charge in [0.25, 0.3) is 11.8 Å². The van der Waals surface area contributed by atoms with Crippen LogP contribution >= 0.6 is 31.9 Å². The number of aromatic carboxylic acids is 2. The molecule has 8 nitrogen and oxygen atoms in total. The lowest BCUT2D eigenvalue weighted by Crippen LogP contribution is -2.31. The number of rotatable bonds is 16. The highest BCUT2D eigenvalue weighted by molar-refractivity contribution is 9.11. The maximum absolute atomic E-state index is 14.2. The summed E-state index contributed by atoms with van der Waals surface area (Å²) in [4.78, 5) is 53.2. The van der Waals surface area contributed by atoms with Crippen LogP contribution in [-0.4, -0.2) is 47.1 Å². The smallest absolute Gasteiger partial charge is 0.336 e. The minimum Gasteiger partial charge on any atom is -0.478 e. The summed E-state index contributed by atoms with van der Waals surface area (Å²) >= 11 is 7.36. The Morgan fingerprint density at radius 1 is 0.580 bits per heavy atom. The molecule has 0 bridgehead atoms. The summed E-state index contributed by atoms with van der Waals surface area (Å²) in [7, 11) is 0. The highest BCUT2D eigenvalue weighted by Gasteiger charge is 2.28. The van der Waals surface area contributed by atoms with Crippen molar-refractivity contribution < 1.29 is 29.4 Å². The summed E-state index contributed by atoms with van der Waals surface area (Å²) in [5, 5.41) is 30.9. The molecule has 0 fully saturated rings. The molecule has 10 heteroatoms. The predicted octanol–water partition coefficient (Wildman–Crippen LogP) is 10.6. The van der Waals surface area contributed by atoms with Gasteiger partial charge in [0.1, 0.15) is 0 Å². The van der Waals surface area contributed by atoms with Crippen LogP contribution in [0.1, 0.15) is 120 Å². The van der Waals surface area contributed by atoms with Crippen LogP contribution in [0.5, 0.6) is 0 Å². The lowest BCUT2D eigenvalue weighted by atomic mass is 9.84. The summed E-state index contributed by atoms with van der Waals surface area (Å²) in [6.45, 7) is 9.58. The fraction of sp³-hybridized carbons (Fsp3) is 0.400. The van der Waals surface area contributed by atoms with Crippen molar-refractivity contribution in [2.24, 2.45) is 11.8 Å². The Balaban J connectivity index is 1.83. The van der Waals surface area contributed by atoms with Gasteiger partial charge in [-0.1, -0.05) is 110 Å². The zero-order valence-corrected chi connectivity index (χ0v) is 32.1. The van der Waals surface area contributed by atoms with Crippen molar-refractivity contribution in [2.45, 2.75) is 79.1 Å². The van der Waals surface area contributed by atoms with E-state index >= 15 is 0 Å². The van der Waals surface area contributed by atoms with Crippen LogP contribution in [0.4, 0.5) is 0 Å². The molecule has 0 heterocycles. The second-order valence-corrected chi connectivity index (χ2v) is 15.0. The van der Waals surface area contributed by atoms with Gasteiger partial charge in [-0.05, 0) is 59.7 Å². The molecular formula is C40H44Br2N2O6. The van der Waals surface area contributed by atoms with E-state index in [1.54, 1.807) is 18.2 Å². The van der Waals surface area contributed by atoms with Gasteiger partial charge in [0, 0.05) is 65.5 Å². The number of carbonyl (C=O) groups excluding carboxylic acids is 2. The Bertz CT molecular complexity index is 2110. The predicted molar refractivity (Wildman–Crippen MR) is 208 cm³/mol. The maximum Gasteiger partial charge on any atom is 0.336 e. The van der Waals surface area contributed by atoms with Crippen LogP contribution in [0.25, 0.3) is 43.1 Å². The van der Waals surface area contributed by atoms with Crippen LogP contribution < -0.4 is 10.6 Å². The third kappa shape index (κ3) is 7.06. The highest BCUT2D eigenvalue weighted by Crippen LogP contribution is 2.48. The summed E-state index contributed by atoms with van der Waals surface area (Å²) in [5.41, 5.74) is 0.455. The molecule has 0 aliphatic carbocycles. The minimum absolute atomic E-state index is 0.116. The van der Waals surface area contributed by atoms with Crippen molar-refractivity contribution in [3.05, 3.63) is 67.6 Å². The molecule has 5 aromatic carbocycles. The maximum atomic E-state index is 14.2. The first-order valence-electron chi connectivity index (χ1n) is 17.6. The Kier molecular flexibility index (Phi) is 12.0. The number of halogens is 2. The molecule has 0 radical (unpaired) electrons. The van der Waals surface area contributed by atoms with Gasteiger partial charge in [0.2, 0.25) is 0 Å². The standard InChI is InChI=1S/C40H44Br2N2O6/c1-5-9-11-21(7-3)19-43-37(45)25-15-13-23-34-30(42)18-28(40(49)50)32-26(39(47)48)16-14-24(36(32)34)33-29(41)17-27(31(25)35(23)33)38(46)44-20-22(8-4)12-10-6-2/h13-18,21-22H,5-12,19-20H2,1-4H3,(H,43,45)(H,44,46)(H,47,48)(H,49,50). The number of carbonyl (C=O) groups is 4. The van der Waals surface area contributed by atoms with E-state index in [1.165, 1.54) is 12.1 Å². The topological polar surface area (TPSA) is 133 Å². The minimum atomic E-state index is -1.25. The monoisotopic (exact) mass is 806 g/mol. The number of carboxylic acids is 2. The third-order valence-corrected chi connectivity index (χ3v) is 11.4. The summed E-state index contributed by atoms with van der Waals surface area (Å²) < 4.78 is 1.04.